The molecule has 5 heteroatoms. The average molecular weight is 240 g/mol. The van der Waals surface area contributed by atoms with Crippen LogP contribution in [0.1, 0.15) is 25.7 Å². The molecule has 0 aromatic rings. The van der Waals surface area contributed by atoms with Gasteiger partial charge in [-0.15, -0.1) is 0 Å². The van der Waals surface area contributed by atoms with Crippen molar-refractivity contribution >= 4 is 8.32 Å². The largest absolute Gasteiger partial charge is 0.414 e. The van der Waals surface area contributed by atoms with E-state index < -0.39 is 20.9 Å². The minimum absolute atomic E-state index is 0.0115. The maximum Gasteiger partial charge on any atom is 0.269 e. The van der Waals surface area contributed by atoms with E-state index in [1.165, 1.54) is 0 Å². The van der Waals surface area contributed by atoms with Crippen LogP contribution in [0.3, 0.4) is 0 Å². The van der Waals surface area contributed by atoms with Crippen LogP contribution in [0.15, 0.2) is 0 Å². The summed E-state index contributed by atoms with van der Waals surface area (Å²) in [7, 11) is -1.56. The Morgan fingerprint density at radius 3 is 2.53 bits per heavy atom. The van der Waals surface area contributed by atoms with Gasteiger partial charge in [0, 0.05) is 6.10 Å². The first-order valence-corrected chi connectivity index (χ1v) is 8.62. The molecule has 0 bridgehead atoms. The molecule has 1 nitrogen and oxygen atoms in total. The molecule has 1 rings (SSSR count). The fourth-order valence-corrected chi connectivity index (χ4v) is 4.31. The zero-order valence-corrected chi connectivity index (χ0v) is 10.3. The molecule has 0 radical (unpaired) electrons. The van der Waals surface area contributed by atoms with Gasteiger partial charge in [-0.25, -0.2) is 13.2 Å². The van der Waals surface area contributed by atoms with Gasteiger partial charge in [0.05, 0.1) is 0 Å². The van der Waals surface area contributed by atoms with Crippen molar-refractivity contribution in [3.8, 4) is 0 Å². The van der Waals surface area contributed by atoms with E-state index in [1.807, 2.05) is 0 Å². The van der Waals surface area contributed by atoms with E-state index in [1.54, 1.807) is 0 Å². The Hall–Kier alpha value is -0.0331. The summed E-state index contributed by atoms with van der Waals surface area (Å²) in [6.07, 6.45) is -2.48. The van der Waals surface area contributed by atoms with Crippen LogP contribution in [0.2, 0.25) is 19.1 Å². The second-order valence-corrected chi connectivity index (χ2v) is 9.07. The van der Waals surface area contributed by atoms with Crippen LogP contribution >= 0.6 is 0 Å². The van der Waals surface area contributed by atoms with Crippen molar-refractivity contribution < 1.29 is 17.6 Å². The lowest BCUT2D eigenvalue weighted by Crippen LogP contribution is -2.39. The summed E-state index contributed by atoms with van der Waals surface area (Å²) in [5.41, 5.74) is 0. The molecule has 0 N–H and O–H groups in total. The van der Waals surface area contributed by atoms with Crippen molar-refractivity contribution in [1.29, 1.82) is 0 Å². The average Bonchev–Trinajstić information content (AvgIpc) is 2.12. The van der Waals surface area contributed by atoms with Gasteiger partial charge in [0.1, 0.15) is 0 Å². The van der Waals surface area contributed by atoms with Crippen molar-refractivity contribution in [2.75, 3.05) is 0 Å². The minimum atomic E-state index is -2.85. The maximum absolute atomic E-state index is 12.7. The molecule has 0 aromatic heterocycles. The molecule has 0 aromatic carbocycles. The second-order valence-electron chi connectivity index (χ2n) is 4.82. The van der Waals surface area contributed by atoms with Gasteiger partial charge in [-0.1, -0.05) is 6.42 Å². The smallest absolute Gasteiger partial charge is 0.269 e. The number of alkyl halides is 3. The van der Waals surface area contributed by atoms with E-state index in [0.717, 1.165) is 18.9 Å². The standard InChI is InChI=1S/C10H19F3OSi/c1-15(2)7-3-4-8(14-15)5-6-9(11)10(12)13/h8-10H,3-7H2,1-2H3. The van der Waals surface area contributed by atoms with Gasteiger partial charge in [-0.05, 0) is 38.4 Å². The molecular weight excluding hydrogens is 221 g/mol. The van der Waals surface area contributed by atoms with Gasteiger partial charge in [0.2, 0.25) is 0 Å². The first kappa shape index (κ1) is 13.0. The summed E-state index contributed by atoms with van der Waals surface area (Å²) in [4.78, 5) is 0. The summed E-state index contributed by atoms with van der Waals surface area (Å²) in [5.74, 6) is 0. The first-order chi connectivity index (χ1) is 6.91. The first-order valence-electron chi connectivity index (χ1n) is 5.51. The summed E-state index contributed by atoms with van der Waals surface area (Å²) >= 11 is 0. The molecule has 1 heterocycles. The van der Waals surface area contributed by atoms with E-state index in [0.29, 0.717) is 6.42 Å². The number of hydrogen-bond acceptors (Lipinski definition) is 1. The Bertz CT molecular complexity index is 199. The van der Waals surface area contributed by atoms with Crippen LogP contribution in [0.25, 0.3) is 0 Å². The molecule has 0 saturated carbocycles. The van der Waals surface area contributed by atoms with Crippen molar-refractivity contribution in [3.05, 3.63) is 0 Å². The van der Waals surface area contributed by atoms with Crippen molar-refractivity contribution in [3.63, 3.8) is 0 Å². The molecule has 2 atom stereocenters. The van der Waals surface area contributed by atoms with E-state index in [2.05, 4.69) is 13.1 Å². The highest BCUT2D eigenvalue weighted by molar-refractivity contribution is 6.71. The van der Waals surface area contributed by atoms with Crippen LogP contribution in [-0.4, -0.2) is 27.0 Å². The van der Waals surface area contributed by atoms with Crippen molar-refractivity contribution in [1.82, 2.24) is 0 Å². The summed E-state index contributed by atoms with van der Waals surface area (Å²) < 4.78 is 42.4. The fourth-order valence-electron chi connectivity index (χ4n) is 2.00. The normalized spacial score (nSPS) is 28.0. The number of halogens is 3. The molecule has 15 heavy (non-hydrogen) atoms. The third-order valence-corrected chi connectivity index (χ3v) is 5.36. The van der Waals surface area contributed by atoms with Crippen molar-refractivity contribution in [2.45, 2.75) is 63.5 Å². The molecule has 1 aliphatic heterocycles. The van der Waals surface area contributed by atoms with Crippen LogP contribution in [0, 0.1) is 0 Å². The van der Waals surface area contributed by atoms with Crippen LogP contribution in [0.4, 0.5) is 13.2 Å². The predicted molar refractivity (Wildman–Crippen MR) is 56.5 cm³/mol. The van der Waals surface area contributed by atoms with Gasteiger partial charge < -0.3 is 4.43 Å². The van der Waals surface area contributed by atoms with Gasteiger partial charge in [0.25, 0.3) is 6.43 Å². The van der Waals surface area contributed by atoms with Gasteiger partial charge in [-0.2, -0.15) is 0 Å². The van der Waals surface area contributed by atoms with Gasteiger partial charge >= 0.3 is 0 Å². The molecule has 1 saturated heterocycles. The Kier molecular flexibility index (Phi) is 4.64. The molecular formula is C10H19F3OSi. The van der Waals surface area contributed by atoms with Crippen molar-refractivity contribution in [2.24, 2.45) is 0 Å². The quantitative estimate of drug-likeness (QED) is 0.680. The summed E-state index contributed by atoms with van der Waals surface area (Å²) in [6, 6.07) is 1.12. The summed E-state index contributed by atoms with van der Waals surface area (Å²) in [5, 5.41) is 0. The van der Waals surface area contributed by atoms with E-state index in [9.17, 15) is 13.2 Å². The lowest BCUT2D eigenvalue weighted by Gasteiger charge is -2.34. The molecule has 0 amide bonds. The third-order valence-electron chi connectivity index (χ3n) is 2.83. The third kappa shape index (κ3) is 4.55. The highest BCUT2D eigenvalue weighted by Crippen LogP contribution is 2.28. The summed E-state index contributed by atoms with van der Waals surface area (Å²) in [6.45, 7) is 4.25. The SMILES string of the molecule is C[Si]1(C)CCCC(CCC(F)C(F)F)O1. The monoisotopic (exact) mass is 240 g/mol. The highest BCUT2D eigenvalue weighted by atomic mass is 28.4. The predicted octanol–water partition coefficient (Wildman–Crippen LogP) is 3.75. The lowest BCUT2D eigenvalue weighted by molar-refractivity contribution is 0.0348. The number of rotatable bonds is 4. The van der Waals surface area contributed by atoms with Gasteiger partial charge in [-0.3, -0.25) is 0 Å². The molecule has 0 aliphatic carbocycles. The molecule has 90 valence electrons. The molecule has 1 aliphatic rings. The maximum atomic E-state index is 12.7. The van der Waals surface area contributed by atoms with E-state index in [-0.39, 0.29) is 12.5 Å². The Morgan fingerprint density at radius 2 is 2.00 bits per heavy atom. The van der Waals surface area contributed by atoms with E-state index >= 15 is 0 Å². The molecule has 2 unspecified atom stereocenters. The molecule has 0 spiro atoms. The van der Waals surface area contributed by atoms with Crippen LogP contribution < -0.4 is 0 Å². The Morgan fingerprint density at radius 1 is 1.33 bits per heavy atom. The zero-order valence-electron chi connectivity index (χ0n) is 9.31. The van der Waals surface area contributed by atoms with Gasteiger partial charge in [0.15, 0.2) is 14.5 Å². The molecule has 1 fully saturated rings. The highest BCUT2D eigenvalue weighted by Gasteiger charge is 2.31. The zero-order chi connectivity index (χ0) is 11.5. The minimum Gasteiger partial charge on any atom is -0.414 e. The Balaban J connectivity index is 2.27. The topological polar surface area (TPSA) is 9.23 Å². The van der Waals surface area contributed by atoms with Crippen LogP contribution in [0.5, 0.6) is 0 Å². The van der Waals surface area contributed by atoms with E-state index in [4.69, 9.17) is 4.43 Å². The lowest BCUT2D eigenvalue weighted by atomic mass is 10.1. The van der Waals surface area contributed by atoms with Crippen LogP contribution in [-0.2, 0) is 4.43 Å². The fraction of sp³-hybridized carbons (Fsp3) is 1.00. The Labute approximate surface area is 90.1 Å². The second kappa shape index (κ2) is 5.34. The number of hydrogen-bond donors (Lipinski definition) is 0.